The van der Waals surface area contributed by atoms with E-state index in [-0.39, 0.29) is 23.5 Å². The Morgan fingerprint density at radius 3 is 2.30 bits per heavy atom. The summed E-state index contributed by atoms with van der Waals surface area (Å²) in [6, 6.07) is 0.198. The predicted molar refractivity (Wildman–Crippen MR) is 117 cm³/mol. The van der Waals surface area contributed by atoms with Crippen LogP contribution in [0.5, 0.6) is 0 Å². The average Bonchev–Trinajstić information content (AvgIpc) is 2.97. The fraction of sp³-hybridized carbons (Fsp3) is 0.474. The Morgan fingerprint density at radius 1 is 1.10 bits per heavy atom. The van der Waals surface area contributed by atoms with Crippen LogP contribution in [0, 0.1) is 0 Å². The standard InChI is InChI=1S/C19H28N10O/c1-11(2)25-19-23-9-12(10-24-19)13-16(29-7-5-3-4-6-8-29)27-15(20)14(26-13)17(30)28-18(21)22/h9-11H,3-8H2,1-2H3,(H2,20,27)(H,23,24,25)(H4,21,22,28,30). The Kier molecular flexibility index (Phi) is 6.60. The Labute approximate surface area is 175 Å². The molecule has 0 saturated carbocycles. The van der Waals surface area contributed by atoms with E-state index in [4.69, 9.17) is 17.2 Å². The minimum Gasteiger partial charge on any atom is -0.382 e. The van der Waals surface area contributed by atoms with E-state index in [1.807, 2.05) is 13.8 Å². The summed E-state index contributed by atoms with van der Waals surface area (Å²) < 4.78 is 0. The first-order chi connectivity index (χ1) is 14.3. The van der Waals surface area contributed by atoms with Crippen LogP contribution in [0.25, 0.3) is 11.3 Å². The van der Waals surface area contributed by atoms with Gasteiger partial charge in [0.1, 0.15) is 5.69 Å². The van der Waals surface area contributed by atoms with Gasteiger partial charge >= 0.3 is 5.91 Å². The highest BCUT2D eigenvalue weighted by Crippen LogP contribution is 2.31. The third-order valence-electron chi connectivity index (χ3n) is 4.59. The fourth-order valence-corrected chi connectivity index (χ4v) is 3.25. The number of anilines is 3. The lowest BCUT2D eigenvalue weighted by molar-refractivity contribution is 0.0998. The number of nitrogens with zero attached hydrogens (tertiary/aromatic N) is 6. The maximum atomic E-state index is 12.4. The van der Waals surface area contributed by atoms with Crippen molar-refractivity contribution in [2.24, 2.45) is 16.5 Å². The predicted octanol–water partition coefficient (Wildman–Crippen LogP) is 1.13. The van der Waals surface area contributed by atoms with Gasteiger partial charge in [0.2, 0.25) is 5.95 Å². The van der Waals surface area contributed by atoms with Gasteiger partial charge in [-0.05, 0) is 26.7 Å². The average molecular weight is 413 g/mol. The number of nitrogens with two attached hydrogens (primary N) is 3. The van der Waals surface area contributed by atoms with Crippen molar-refractivity contribution in [2.75, 3.05) is 29.0 Å². The van der Waals surface area contributed by atoms with Gasteiger partial charge in [-0.25, -0.2) is 19.9 Å². The molecule has 0 aromatic carbocycles. The molecule has 0 atom stereocenters. The molecule has 2 aromatic rings. The van der Waals surface area contributed by atoms with Crippen molar-refractivity contribution in [3.8, 4) is 11.3 Å². The second-order valence-electron chi connectivity index (χ2n) is 7.47. The van der Waals surface area contributed by atoms with Crippen molar-refractivity contribution in [3.05, 3.63) is 18.1 Å². The van der Waals surface area contributed by atoms with Crippen LogP contribution in [-0.4, -0.2) is 50.9 Å². The van der Waals surface area contributed by atoms with E-state index in [1.165, 1.54) is 0 Å². The molecule has 0 aliphatic carbocycles. The Balaban J connectivity index is 2.08. The molecular formula is C19H28N10O. The zero-order valence-electron chi connectivity index (χ0n) is 17.3. The van der Waals surface area contributed by atoms with Crippen LogP contribution in [0.15, 0.2) is 17.4 Å². The zero-order chi connectivity index (χ0) is 21.7. The SMILES string of the molecule is CC(C)Nc1ncc(-c2nc(C(=O)N=C(N)N)c(N)nc2N2CCCCCC2)cn1. The first-order valence-corrected chi connectivity index (χ1v) is 10.0. The second kappa shape index (κ2) is 9.33. The minimum absolute atomic E-state index is 0.0213. The fourth-order valence-electron chi connectivity index (χ4n) is 3.25. The summed E-state index contributed by atoms with van der Waals surface area (Å²) in [7, 11) is 0. The maximum Gasteiger partial charge on any atom is 0.302 e. The van der Waals surface area contributed by atoms with Crippen molar-refractivity contribution in [3.63, 3.8) is 0 Å². The summed E-state index contributed by atoms with van der Waals surface area (Å²) in [5.41, 5.74) is 17.7. The molecule has 160 valence electrons. The molecule has 1 aliphatic rings. The molecule has 3 rings (SSSR count). The summed E-state index contributed by atoms with van der Waals surface area (Å²) >= 11 is 0. The largest absolute Gasteiger partial charge is 0.382 e. The summed E-state index contributed by atoms with van der Waals surface area (Å²) in [5, 5.41) is 3.14. The molecule has 3 heterocycles. The number of aliphatic imine (C=N–C) groups is 1. The van der Waals surface area contributed by atoms with Gasteiger partial charge in [0.25, 0.3) is 0 Å². The van der Waals surface area contributed by atoms with Crippen LogP contribution in [0.2, 0.25) is 0 Å². The molecule has 1 fully saturated rings. The van der Waals surface area contributed by atoms with Crippen LogP contribution in [-0.2, 0) is 0 Å². The Hall–Kier alpha value is -3.50. The number of nitrogen functional groups attached to an aromatic ring is 1. The van der Waals surface area contributed by atoms with Crippen molar-refractivity contribution in [2.45, 2.75) is 45.6 Å². The first-order valence-electron chi connectivity index (χ1n) is 10.0. The molecule has 0 radical (unpaired) electrons. The van der Waals surface area contributed by atoms with Gasteiger partial charge in [-0.2, -0.15) is 4.99 Å². The van der Waals surface area contributed by atoms with Crippen molar-refractivity contribution in [1.82, 2.24) is 19.9 Å². The van der Waals surface area contributed by atoms with Crippen LogP contribution in [0.3, 0.4) is 0 Å². The number of amides is 1. The van der Waals surface area contributed by atoms with E-state index >= 15 is 0 Å². The molecule has 0 unspecified atom stereocenters. The smallest absolute Gasteiger partial charge is 0.302 e. The van der Waals surface area contributed by atoms with Crippen LogP contribution in [0.4, 0.5) is 17.6 Å². The van der Waals surface area contributed by atoms with Crippen LogP contribution >= 0.6 is 0 Å². The van der Waals surface area contributed by atoms with Gasteiger partial charge < -0.3 is 27.4 Å². The van der Waals surface area contributed by atoms with Crippen LogP contribution < -0.4 is 27.4 Å². The summed E-state index contributed by atoms with van der Waals surface area (Å²) in [4.78, 5) is 35.8. The molecule has 7 N–H and O–H groups in total. The van der Waals surface area contributed by atoms with E-state index in [0.29, 0.717) is 23.0 Å². The lowest BCUT2D eigenvalue weighted by Crippen LogP contribution is -2.28. The third-order valence-corrected chi connectivity index (χ3v) is 4.59. The van der Waals surface area contributed by atoms with Crippen molar-refractivity contribution < 1.29 is 4.79 Å². The van der Waals surface area contributed by atoms with Gasteiger partial charge in [0.15, 0.2) is 23.3 Å². The summed E-state index contributed by atoms with van der Waals surface area (Å²) in [6.07, 6.45) is 7.71. The quantitative estimate of drug-likeness (QED) is 0.411. The zero-order valence-corrected chi connectivity index (χ0v) is 17.3. The molecule has 1 saturated heterocycles. The van der Waals surface area contributed by atoms with E-state index in [9.17, 15) is 4.79 Å². The summed E-state index contributed by atoms with van der Waals surface area (Å²) in [5.74, 6) is -0.0319. The number of guanidine groups is 1. The van der Waals surface area contributed by atoms with Gasteiger partial charge in [-0.15, -0.1) is 0 Å². The lowest BCUT2D eigenvalue weighted by atomic mass is 10.2. The molecule has 11 heteroatoms. The monoisotopic (exact) mass is 412 g/mol. The van der Waals surface area contributed by atoms with Gasteiger partial charge in [-0.3, -0.25) is 4.79 Å². The van der Waals surface area contributed by atoms with Crippen LogP contribution in [0.1, 0.15) is 50.0 Å². The first kappa shape index (κ1) is 21.2. The minimum atomic E-state index is -0.748. The number of aromatic nitrogens is 4. The van der Waals surface area contributed by atoms with Crippen molar-refractivity contribution >= 4 is 29.5 Å². The second-order valence-corrected chi connectivity index (χ2v) is 7.47. The number of rotatable bonds is 5. The molecule has 11 nitrogen and oxygen atoms in total. The van der Waals surface area contributed by atoms with Gasteiger partial charge in [0, 0.05) is 37.1 Å². The Morgan fingerprint density at radius 2 is 1.73 bits per heavy atom. The summed E-state index contributed by atoms with van der Waals surface area (Å²) in [6.45, 7) is 5.66. The molecular weight excluding hydrogens is 384 g/mol. The normalized spacial score (nSPS) is 14.3. The number of nitrogens with one attached hydrogen (secondary N) is 1. The molecule has 0 bridgehead atoms. The van der Waals surface area contributed by atoms with E-state index in [1.54, 1.807) is 12.4 Å². The highest BCUT2D eigenvalue weighted by molar-refractivity contribution is 6.03. The van der Waals surface area contributed by atoms with Gasteiger partial charge in [0.05, 0.1) is 0 Å². The maximum absolute atomic E-state index is 12.4. The lowest BCUT2D eigenvalue weighted by Gasteiger charge is -2.24. The third kappa shape index (κ3) is 5.10. The number of carbonyl (C=O) groups excluding carboxylic acids is 1. The van der Waals surface area contributed by atoms with E-state index in [2.05, 4.69) is 35.1 Å². The van der Waals surface area contributed by atoms with Crippen molar-refractivity contribution in [1.29, 1.82) is 0 Å². The molecule has 0 spiro atoms. The number of hydrogen-bond donors (Lipinski definition) is 4. The molecule has 1 aliphatic heterocycles. The highest BCUT2D eigenvalue weighted by atomic mass is 16.1. The molecule has 1 amide bonds. The number of carbonyl (C=O) groups is 1. The molecule has 2 aromatic heterocycles. The molecule has 30 heavy (non-hydrogen) atoms. The Bertz CT molecular complexity index is 914. The van der Waals surface area contributed by atoms with E-state index < -0.39 is 5.91 Å². The van der Waals surface area contributed by atoms with E-state index in [0.717, 1.165) is 38.8 Å². The number of hydrogen-bond acceptors (Lipinski definition) is 8. The van der Waals surface area contributed by atoms with Gasteiger partial charge in [-0.1, -0.05) is 12.8 Å². The highest BCUT2D eigenvalue weighted by Gasteiger charge is 2.23. The topological polar surface area (TPSA) is 174 Å².